The highest BCUT2D eigenvalue weighted by molar-refractivity contribution is 7.93. The molecule has 0 unspecified atom stereocenters. The number of hydrogen-bond donors (Lipinski definition) is 1. The van der Waals surface area contributed by atoms with Crippen molar-refractivity contribution in [3.63, 3.8) is 0 Å². The summed E-state index contributed by atoms with van der Waals surface area (Å²) in [5, 5.41) is 5.24. The van der Waals surface area contributed by atoms with E-state index in [0.29, 0.717) is 24.2 Å². The quantitative estimate of drug-likeness (QED) is 0.356. The molecule has 6 rings (SSSR count). The van der Waals surface area contributed by atoms with Gasteiger partial charge in [-0.2, -0.15) is 0 Å². The summed E-state index contributed by atoms with van der Waals surface area (Å²) in [6, 6.07) is 18.5. The molecule has 6 heteroatoms. The fraction of sp³-hybridized carbons (Fsp3) is 0.485. The Morgan fingerprint density at radius 3 is 2.46 bits per heavy atom. The van der Waals surface area contributed by atoms with Crippen LogP contribution in [0, 0.1) is 6.92 Å². The second-order valence-corrected chi connectivity index (χ2v) is 14.3. The highest BCUT2D eigenvalue weighted by Gasteiger charge is 2.55. The molecule has 1 atom stereocenters. The van der Waals surface area contributed by atoms with Crippen LogP contribution in [0.3, 0.4) is 0 Å². The monoisotopic (exact) mass is 544 g/mol. The highest BCUT2D eigenvalue weighted by Crippen LogP contribution is 2.51. The summed E-state index contributed by atoms with van der Waals surface area (Å²) in [6.07, 6.45) is 8.86. The summed E-state index contributed by atoms with van der Waals surface area (Å²) in [4.78, 5) is 16.1. The number of carbonyl (C=O) groups excluding carboxylic acids is 1. The first-order valence-electron chi connectivity index (χ1n) is 14.7. The van der Waals surface area contributed by atoms with Crippen LogP contribution in [0.15, 0.2) is 59.5 Å². The Bertz CT molecular complexity index is 1490. The molecule has 1 aliphatic heterocycles. The van der Waals surface area contributed by atoms with E-state index < -0.39 is 14.6 Å². The van der Waals surface area contributed by atoms with Gasteiger partial charge in [-0.15, -0.1) is 0 Å². The van der Waals surface area contributed by atoms with E-state index in [2.05, 4.69) is 28.4 Å². The normalized spacial score (nSPS) is 20.9. The molecule has 1 saturated heterocycles. The zero-order valence-electron chi connectivity index (χ0n) is 23.0. The number of benzene rings is 3. The minimum atomic E-state index is -3.53. The van der Waals surface area contributed by atoms with Gasteiger partial charge in [-0.25, -0.2) is 8.42 Å². The molecule has 0 radical (unpaired) electrons. The van der Waals surface area contributed by atoms with Crippen LogP contribution in [0.4, 0.5) is 0 Å². The van der Waals surface area contributed by atoms with E-state index in [9.17, 15) is 13.2 Å². The molecule has 3 aromatic rings. The molecule has 5 nitrogen and oxygen atoms in total. The first-order chi connectivity index (χ1) is 18.8. The average molecular weight is 545 g/mol. The average Bonchev–Trinajstić information content (AvgIpc) is 3.74. The van der Waals surface area contributed by atoms with E-state index in [1.807, 2.05) is 43.3 Å². The number of likely N-dealkylation sites (tertiary alicyclic amines) is 1. The summed E-state index contributed by atoms with van der Waals surface area (Å²) in [6.45, 7) is 5.26. The Morgan fingerprint density at radius 1 is 0.974 bits per heavy atom. The minimum absolute atomic E-state index is 0.0137. The molecule has 2 aliphatic carbocycles. The van der Waals surface area contributed by atoms with Crippen LogP contribution in [-0.2, 0) is 27.6 Å². The third kappa shape index (κ3) is 5.38. The van der Waals surface area contributed by atoms with Crippen molar-refractivity contribution >= 4 is 26.5 Å². The summed E-state index contributed by atoms with van der Waals surface area (Å²) < 4.78 is 26.8. The smallest absolute Gasteiger partial charge is 0.220 e. The Balaban J connectivity index is 1.11. The molecular weight excluding hydrogens is 504 g/mol. The number of aryl methyl sites for hydroxylation is 2. The molecule has 0 bridgehead atoms. The largest absolute Gasteiger partial charge is 0.349 e. The number of hydrogen-bond acceptors (Lipinski definition) is 4. The Morgan fingerprint density at radius 2 is 1.72 bits per heavy atom. The second-order valence-electron chi connectivity index (χ2n) is 12.0. The maximum Gasteiger partial charge on any atom is 0.220 e. The van der Waals surface area contributed by atoms with Gasteiger partial charge in [0.2, 0.25) is 5.91 Å². The van der Waals surface area contributed by atoms with E-state index in [4.69, 9.17) is 0 Å². The third-order valence-electron chi connectivity index (χ3n) is 9.23. The molecule has 3 aliphatic rings. The molecule has 3 aromatic carbocycles. The molecule has 1 saturated carbocycles. The molecule has 1 heterocycles. The van der Waals surface area contributed by atoms with E-state index in [0.717, 1.165) is 42.1 Å². The van der Waals surface area contributed by atoms with Gasteiger partial charge in [-0.1, -0.05) is 55.0 Å². The summed E-state index contributed by atoms with van der Waals surface area (Å²) >= 11 is 0. The van der Waals surface area contributed by atoms with Gasteiger partial charge < -0.3 is 5.32 Å². The highest BCUT2D eigenvalue weighted by atomic mass is 32.2. The van der Waals surface area contributed by atoms with E-state index in [1.54, 1.807) is 0 Å². The van der Waals surface area contributed by atoms with Crippen molar-refractivity contribution in [2.24, 2.45) is 0 Å². The first kappa shape index (κ1) is 26.5. The van der Waals surface area contributed by atoms with Crippen molar-refractivity contribution in [3.05, 3.63) is 76.9 Å². The number of sulfone groups is 1. The lowest BCUT2D eigenvalue weighted by Gasteiger charge is -2.29. The lowest BCUT2D eigenvalue weighted by molar-refractivity contribution is -0.122. The van der Waals surface area contributed by atoms with Crippen LogP contribution < -0.4 is 5.32 Å². The van der Waals surface area contributed by atoms with Crippen molar-refractivity contribution in [2.75, 3.05) is 13.1 Å². The van der Waals surface area contributed by atoms with Crippen LogP contribution in [-0.4, -0.2) is 37.1 Å². The fourth-order valence-corrected chi connectivity index (χ4v) is 8.99. The predicted molar refractivity (Wildman–Crippen MR) is 156 cm³/mol. The Labute approximate surface area is 232 Å². The lowest BCUT2D eigenvalue weighted by Crippen LogP contribution is -2.33. The molecule has 1 N–H and O–H groups in total. The number of fused-ring (bicyclic) bond motifs is 2. The van der Waals surface area contributed by atoms with Gasteiger partial charge in [0.05, 0.1) is 15.7 Å². The topological polar surface area (TPSA) is 66.5 Å². The Kier molecular flexibility index (Phi) is 7.28. The number of nitrogens with zero attached hydrogens (tertiary/aromatic N) is 1. The second kappa shape index (κ2) is 10.7. The summed E-state index contributed by atoms with van der Waals surface area (Å²) in [5.41, 5.74) is 4.74. The maximum atomic E-state index is 13.8. The molecule has 1 amide bonds. The Hall–Kier alpha value is -2.70. The van der Waals surface area contributed by atoms with E-state index in [-0.39, 0.29) is 18.4 Å². The predicted octanol–water partition coefficient (Wildman–Crippen LogP) is 6.41. The van der Waals surface area contributed by atoms with E-state index >= 15 is 0 Å². The fourth-order valence-electron chi connectivity index (χ4n) is 6.75. The van der Waals surface area contributed by atoms with Crippen molar-refractivity contribution in [1.82, 2.24) is 10.2 Å². The van der Waals surface area contributed by atoms with Crippen molar-refractivity contribution in [1.29, 1.82) is 0 Å². The molecule has 2 fully saturated rings. The van der Waals surface area contributed by atoms with Gasteiger partial charge in [0.25, 0.3) is 0 Å². The minimum Gasteiger partial charge on any atom is -0.349 e. The zero-order valence-corrected chi connectivity index (χ0v) is 23.9. The number of amides is 1. The molecule has 0 aromatic heterocycles. The van der Waals surface area contributed by atoms with Crippen LogP contribution >= 0.6 is 0 Å². The van der Waals surface area contributed by atoms with Crippen LogP contribution in [0.5, 0.6) is 0 Å². The van der Waals surface area contributed by atoms with E-state index in [1.165, 1.54) is 49.0 Å². The summed E-state index contributed by atoms with van der Waals surface area (Å²) in [5.74, 6) is -0.0399. The van der Waals surface area contributed by atoms with Gasteiger partial charge in [-0.3, -0.25) is 9.69 Å². The lowest BCUT2D eigenvalue weighted by atomic mass is 9.86. The van der Waals surface area contributed by atoms with Crippen LogP contribution in [0.25, 0.3) is 10.8 Å². The molecule has 39 heavy (non-hydrogen) atoms. The van der Waals surface area contributed by atoms with Gasteiger partial charge in [0.1, 0.15) is 0 Å². The van der Waals surface area contributed by atoms with Crippen LogP contribution in [0.1, 0.15) is 86.1 Å². The third-order valence-corrected chi connectivity index (χ3v) is 12.0. The zero-order chi connectivity index (χ0) is 27.0. The molecular formula is C33H40N2O3S. The number of carbonyl (C=O) groups is 1. The van der Waals surface area contributed by atoms with Crippen LogP contribution in [0.2, 0.25) is 0 Å². The van der Waals surface area contributed by atoms with Gasteiger partial charge in [0, 0.05) is 13.0 Å². The van der Waals surface area contributed by atoms with Gasteiger partial charge in [-0.05, 0) is 110 Å². The first-order valence-corrected chi connectivity index (χ1v) is 16.2. The number of nitrogens with one attached hydrogen (secondary N) is 1. The van der Waals surface area contributed by atoms with Crippen molar-refractivity contribution in [3.8, 4) is 0 Å². The standard InChI is InChI=1S/C33H40N2O3S/c1-24-20-26-8-3-4-9-27(26)22-31(24)39(37,38)33(16-17-33)15-14-32(36)34-30-11-7-10-28-21-25(12-13-29(28)30)23-35-18-5-2-6-19-35/h3-4,8-9,12-13,20-22,30H,2,5-7,10-11,14-19,23H2,1H3,(H,34,36)/t30-/m1/s1. The van der Waals surface area contributed by atoms with Gasteiger partial charge in [0.15, 0.2) is 9.84 Å². The van der Waals surface area contributed by atoms with Crippen molar-refractivity contribution in [2.45, 2.75) is 93.4 Å². The molecule has 0 spiro atoms. The number of piperidine rings is 1. The number of rotatable bonds is 8. The van der Waals surface area contributed by atoms with Gasteiger partial charge >= 0.3 is 0 Å². The van der Waals surface area contributed by atoms with Crippen molar-refractivity contribution < 1.29 is 13.2 Å². The molecule has 206 valence electrons. The SMILES string of the molecule is Cc1cc2ccccc2cc1S(=O)(=O)C1(CCC(=O)N[C@@H]2CCCc3cc(CN4CCCCC4)ccc32)CC1. The maximum absolute atomic E-state index is 13.8. The summed E-state index contributed by atoms with van der Waals surface area (Å²) in [7, 11) is -3.53.